The van der Waals surface area contributed by atoms with Crippen LogP contribution < -0.4 is 0 Å². The summed E-state index contributed by atoms with van der Waals surface area (Å²) in [5, 5.41) is 0. The van der Waals surface area contributed by atoms with Crippen molar-refractivity contribution in [3.63, 3.8) is 0 Å². The molecule has 108 valence electrons. The Bertz CT molecular complexity index is 877. The van der Waals surface area contributed by atoms with Gasteiger partial charge in [-0.3, -0.25) is 4.57 Å². The van der Waals surface area contributed by atoms with Gasteiger partial charge in [0.1, 0.15) is 5.82 Å². The number of hydrogen-bond acceptors (Lipinski definition) is 1. The second-order valence-electron chi connectivity index (χ2n) is 4.48. The Kier molecular flexibility index (Phi) is 3.09. The first-order valence-electron chi connectivity index (χ1n) is 5.94. The van der Waals surface area contributed by atoms with E-state index in [2.05, 4.69) is 4.98 Å². The number of alkyl halides is 3. The molecule has 0 saturated heterocycles. The van der Waals surface area contributed by atoms with Crippen molar-refractivity contribution >= 4 is 23.3 Å². The van der Waals surface area contributed by atoms with Crippen molar-refractivity contribution in [1.82, 2.24) is 9.55 Å². The Balaban J connectivity index is 2.28. The van der Waals surface area contributed by atoms with Crippen LogP contribution in [-0.4, -0.2) is 9.55 Å². The first-order chi connectivity index (χ1) is 9.86. The molecular weight excluding hydrogens is 304 g/mol. The Labute approximate surface area is 121 Å². The molecule has 0 fully saturated rings. The lowest BCUT2D eigenvalue weighted by atomic mass is 10.2. The zero-order valence-corrected chi connectivity index (χ0v) is 11.2. The lowest BCUT2D eigenvalue weighted by Crippen LogP contribution is -2.06. The van der Waals surface area contributed by atoms with Gasteiger partial charge in [0.15, 0.2) is 4.77 Å². The predicted octanol–water partition coefficient (Wildman–Crippen LogP) is 4.85. The summed E-state index contributed by atoms with van der Waals surface area (Å²) in [7, 11) is 0. The number of rotatable bonds is 1. The fourth-order valence-corrected chi connectivity index (χ4v) is 2.47. The van der Waals surface area contributed by atoms with E-state index in [1.807, 2.05) is 0 Å². The molecule has 1 heterocycles. The fraction of sp³-hybridized carbons (Fsp3) is 0.0714. The number of aromatic nitrogens is 2. The van der Waals surface area contributed by atoms with Gasteiger partial charge in [-0.25, -0.2) is 4.39 Å². The number of hydrogen-bond donors (Lipinski definition) is 1. The SMILES string of the molecule is Fc1ccc2[nH]c(=S)n(-c3cccc(C(F)(F)F)c3)c2c1. The second kappa shape index (κ2) is 4.70. The number of nitrogens with one attached hydrogen (secondary N) is 1. The monoisotopic (exact) mass is 312 g/mol. The highest BCUT2D eigenvalue weighted by Crippen LogP contribution is 2.31. The number of aromatic amines is 1. The van der Waals surface area contributed by atoms with Crippen molar-refractivity contribution in [1.29, 1.82) is 0 Å². The Morgan fingerprint density at radius 2 is 1.81 bits per heavy atom. The van der Waals surface area contributed by atoms with E-state index in [1.165, 1.54) is 34.9 Å². The lowest BCUT2D eigenvalue weighted by Gasteiger charge is -2.10. The highest BCUT2D eigenvalue weighted by molar-refractivity contribution is 7.71. The zero-order chi connectivity index (χ0) is 15.2. The van der Waals surface area contributed by atoms with Crippen LogP contribution in [0.25, 0.3) is 16.7 Å². The molecular formula is C14H8F4N2S. The van der Waals surface area contributed by atoms with Crippen molar-refractivity contribution in [2.24, 2.45) is 0 Å². The molecule has 0 aliphatic heterocycles. The standard InChI is InChI=1S/C14H8F4N2S/c15-9-4-5-11-12(7-9)20(13(21)19-11)10-3-1-2-8(6-10)14(16,17)18/h1-7H,(H,19,21). The molecule has 0 spiro atoms. The minimum Gasteiger partial charge on any atom is -0.330 e. The third-order valence-electron chi connectivity index (χ3n) is 3.08. The Hall–Kier alpha value is -2.15. The van der Waals surface area contributed by atoms with E-state index >= 15 is 0 Å². The Morgan fingerprint density at radius 1 is 1.05 bits per heavy atom. The van der Waals surface area contributed by atoms with Gasteiger partial charge in [0.2, 0.25) is 0 Å². The van der Waals surface area contributed by atoms with Gasteiger partial charge >= 0.3 is 6.18 Å². The molecule has 0 aliphatic carbocycles. The Morgan fingerprint density at radius 3 is 2.52 bits per heavy atom. The maximum Gasteiger partial charge on any atom is 0.416 e. The van der Waals surface area contributed by atoms with Crippen LogP contribution in [0.15, 0.2) is 42.5 Å². The fourth-order valence-electron chi connectivity index (χ4n) is 2.15. The molecule has 1 N–H and O–H groups in total. The third kappa shape index (κ3) is 2.44. The number of fused-ring (bicyclic) bond motifs is 1. The molecule has 2 nitrogen and oxygen atoms in total. The molecule has 0 unspecified atom stereocenters. The topological polar surface area (TPSA) is 20.7 Å². The van der Waals surface area contributed by atoms with E-state index < -0.39 is 17.6 Å². The molecule has 3 aromatic rings. The summed E-state index contributed by atoms with van der Waals surface area (Å²) < 4.78 is 53.3. The van der Waals surface area contributed by atoms with Crippen LogP contribution in [0.1, 0.15) is 5.56 Å². The maximum atomic E-state index is 13.4. The molecule has 0 amide bonds. The predicted molar refractivity (Wildman–Crippen MR) is 73.4 cm³/mol. The van der Waals surface area contributed by atoms with Gasteiger partial charge < -0.3 is 4.98 Å². The van der Waals surface area contributed by atoms with Crippen molar-refractivity contribution in [3.8, 4) is 5.69 Å². The molecule has 0 atom stereocenters. The highest BCUT2D eigenvalue weighted by atomic mass is 32.1. The van der Waals surface area contributed by atoms with Crippen molar-refractivity contribution in [2.75, 3.05) is 0 Å². The second-order valence-corrected chi connectivity index (χ2v) is 4.86. The minimum absolute atomic E-state index is 0.204. The molecule has 2 aromatic carbocycles. The van der Waals surface area contributed by atoms with E-state index in [0.29, 0.717) is 11.0 Å². The molecule has 0 aliphatic rings. The molecule has 1 aromatic heterocycles. The summed E-state index contributed by atoms with van der Waals surface area (Å²) in [5.41, 5.74) is 0.387. The first kappa shape index (κ1) is 13.8. The van der Waals surface area contributed by atoms with Gasteiger partial charge in [-0.05, 0) is 42.5 Å². The van der Waals surface area contributed by atoms with E-state index in [1.54, 1.807) is 0 Å². The molecule has 21 heavy (non-hydrogen) atoms. The number of imidazole rings is 1. The van der Waals surface area contributed by atoms with Gasteiger partial charge in [-0.15, -0.1) is 0 Å². The van der Waals surface area contributed by atoms with Crippen molar-refractivity contribution in [3.05, 3.63) is 58.6 Å². The van der Waals surface area contributed by atoms with E-state index in [0.717, 1.165) is 12.1 Å². The largest absolute Gasteiger partial charge is 0.416 e. The summed E-state index contributed by atoms with van der Waals surface area (Å²) in [6.45, 7) is 0. The summed E-state index contributed by atoms with van der Waals surface area (Å²) >= 11 is 5.12. The normalized spacial score (nSPS) is 12.0. The smallest absolute Gasteiger partial charge is 0.330 e. The quantitative estimate of drug-likeness (QED) is 0.503. The van der Waals surface area contributed by atoms with Crippen LogP contribution in [0.4, 0.5) is 17.6 Å². The van der Waals surface area contributed by atoms with Crippen molar-refractivity contribution < 1.29 is 17.6 Å². The summed E-state index contributed by atoms with van der Waals surface area (Å²) in [5.74, 6) is -0.489. The van der Waals surface area contributed by atoms with Gasteiger partial charge in [0, 0.05) is 11.8 Å². The van der Waals surface area contributed by atoms with Crippen LogP contribution >= 0.6 is 12.2 Å². The number of benzene rings is 2. The number of H-pyrrole nitrogens is 1. The summed E-state index contributed by atoms with van der Waals surface area (Å²) in [6.07, 6.45) is -4.45. The highest BCUT2D eigenvalue weighted by Gasteiger charge is 2.30. The number of nitrogens with zero attached hydrogens (tertiary/aromatic N) is 1. The van der Waals surface area contributed by atoms with Gasteiger partial charge in [0.05, 0.1) is 16.6 Å². The maximum absolute atomic E-state index is 13.4. The average molecular weight is 312 g/mol. The third-order valence-corrected chi connectivity index (χ3v) is 3.36. The first-order valence-corrected chi connectivity index (χ1v) is 6.35. The van der Waals surface area contributed by atoms with Gasteiger partial charge in [-0.2, -0.15) is 13.2 Å². The van der Waals surface area contributed by atoms with Crippen LogP contribution in [0, 0.1) is 10.6 Å². The summed E-state index contributed by atoms with van der Waals surface area (Å²) in [4.78, 5) is 2.84. The lowest BCUT2D eigenvalue weighted by molar-refractivity contribution is -0.137. The molecule has 0 bridgehead atoms. The van der Waals surface area contributed by atoms with Crippen LogP contribution in [0.2, 0.25) is 0 Å². The van der Waals surface area contributed by atoms with E-state index in [4.69, 9.17) is 12.2 Å². The summed E-state index contributed by atoms with van der Waals surface area (Å²) in [6, 6.07) is 8.70. The van der Waals surface area contributed by atoms with Crippen LogP contribution in [0.5, 0.6) is 0 Å². The van der Waals surface area contributed by atoms with Crippen LogP contribution in [-0.2, 0) is 6.18 Å². The molecule has 3 rings (SSSR count). The minimum atomic E-state index is -4.45. The average Bonchev–Trinajstić information content (AvgIpc) is 2.73. The van der Waals surface area contributed by atoms with Gasteiger partial charge in [-0.1, -0.05) is 6.07 Å². The number of halogens is 4. The van der Waals surface area contributed by atoms with Gasteiger partial charge in [0.25, 0.3) is 0 Å². The zero-order valence-electron chi connectivity index (χ0n) is 10.4. The van der Waals surface area contributed by atoms with E-state index in [-0.39, 0.29) is 10.5 Å². The van der Waals surface area contributed by atoms with Crippen molar-refractivity contribution in [2.45, 2.75) is 6.18 Å². The molecule has 7 heteroatoms. The molecule has 0 radical (unpaired) electrons. The van der Waals surface area contributed by atoms with Crippen LogP contribution in [0.3, 0.4) is 0 Å². The van der Waals surface area contributed by atoms with E-state index in [9.17, 15) is 17.6 Å². The molecule has 0 saturated carbocycles.